The summed E-state index contributed by atoms with van der Waals surface area (Å²) in [6.07, 6.45) is 0.591. The highest BCUT2D eigenvalue weighted by molar-refractivity contribution is 7.87. The van der Waals surface area contributed by atoms with Crippen LogP contribution < -0.4 is 9.50 Å². The molecule has 0 fully saturated rings. The normalized spacial score (nSPS) is 12.0. The predicted molar refractivity (Wildman–Crippen MR) is 125 cm³/mol. The fraction of sp³-hybridized carbons (Fsp3) is 0.208. The Morgan fingerprint density at radius 2 is 1.74 bits per heavy atom. The van der Waals surface area contributed by atoms with Gasteiger partial charge in [0.2, 0.25) is 0 Å². The lowest BCUT2D eigenvalue weighted by atomic mass is 10.1. The van der Waals surface area contributed by atoms with E-state index in [1.807, 2.05) is 37.3 Å². The molecule has 0 radical (unpaired) electrons. The van der Waals surface area contributed by atoms with Gasteiger partial charge in [-0.25, -0.2) is 0 Å². The lowest BCUT2D eigenvalue weighted by Gasteiger charge is -2.13. The average molecular weight is 485 g/mol. The number of non-ortho nitro benzene ring substituents is 1. The molecule has 34 heavy (non-hydrogen) atoms. The molecule has 0 saturated carbocycles. The number of carbonyl (C=O) groups is 1. The highest BCUT2D eigenvalue weighted by atomic mass is 32.2. The minimum absolute atomic E-state index is 0.0219. The van der Waals surface area contributed by atoms with E-state index < -0.39 is 15.0 Å². The Labute approximate surface area is 197 Å². The Morgan fingerprint density at radius 3 is 2.41 bits per heavy atom. The molecule has 0 aliphatic rings. The van der Waals surface area contributed by atoms with Gasteiger partial charge < -0.3 is 14.2 Å². The zero-order valence-corrected chi connectivity index (χ0v) is 19.2. The van der Waals surface area contributed by atoms with Crippen molar-refractivity contribution in [1.82, 2.24) is 5.32 Å². The lowest BCUT2D eigenvalue weighted by Crippen LogP contribution is -2.25. The number of nitrogens with one attached hydrogen (secondary N) is 1. The molecule has 0 saturated heterocycles. The SMILES string of the molecule is CC(OCCCNC(=O)c1ccc(OS(=O)(=O)c2cccc([N+](=O)[O-])c2)cc1)c1ccccc1. The number of benzene rings is 3. The first-order chi connectivity index (χ1) is 16.3. The quantitative estimate of drug-likeness (QED) is 0.187. The second kappa shape index (κ2) is 11.4. The Kier molecular flexibility index (Phi) is 8.34. The molecule has 1 unspecified atom stereocenters. The minimum atomic E-state index is -4.27. The van der Waals surface area contributed by atoms with Crippen LogP contribution in [0, 0.1) is 10.1 Å². The molecular formula is C24H24N2O7S. The van der Waals surface area contributed by atoms with Crippen molar-refractivity contribution < 1.29 is 27.1 Å². The summed E-state index contributed by atoms with van der Waals surface area (Å²) in [5, 5.41) is 13.6. The van der Waals surface area contributed by atoms with E-state index in [1.165, 1.54) is 42.5 Å². The molecule has 3 rings (SSSR count). The van der Waals surface area contributed by atoms with Gasteiger partial charge in [0.25, 0.3) is 11.6 Å². The number of rotatable bonds is 11. The van der Waals surface area contributed by atoms with E-state index >= 15 is 0 Å². The first-order valence-corrected chi connectivity index (χ1v) is 11.9. The van der Waals surface area contributed by atoms with Gasteiger partial charge in [-0.05, 0) is 49.2 Å². The highest BCUT2D eigenvalue weighted by Gasteiger charge is 2.20. The van der Waals surface area contributed by atoms with Crippen LogP contribution in [0.5, 0.6) is 5.75 Å². The molecule has 3 aromatic rings. The van der Waals surface area contributed by atoms with Crippen LogP contribution in [0.25, 0.3) is 0 Å². The van der Waals surface area contributed by atoms with Gasteiger partial charge in [-0.3, -0.25) is 14.9 Å². The van der Waals surface area contributed by atoms with E-state index in [0.29, 0.717) is 25.1 Å². The third-order valence-corrected chi connectivity index (χ3v) is 6.13. The van der Waals surface area contributed by atoms with Crippen molar-refractivity contribution >= 4 is 21.7 Å². The Morgan fingerprint density at radius 1 is 1.03 bits per heavy atom. The number of hydrogen-bond donors (Lipinski definition) is 1. The number of amides is 1. The summed E-state index contributed by atoms with van der Waals surface area (Å²) in [5.41, 5.74) is 1.05. The molecule has 0 aromatic heterocycles. The first kappa shape index (κ1) is 24.9. The maximum Gasteiger partial charge on any atom is 0.339 e. The van der Waals surface area contributed by atoms with Crippen LogP contribution >= 0.6 is 0 Å². The zero-order chi connectivity index (χ0) is 24.6. The van der Waals surface area contributed by atoms with Crippen molar-refractivity contribution in [1.29, 1.82) is 0 Å². The van der Waals surface area contributed by atoms with E-state index in [0.717, 1.165) is 11.6 Å². The summed E-state index contributed by atoms with van der Waals surface area (Å²) < 4.78 is 35.6. The van der Waals surface area contributed by atoms with Crippen LogP contribution in [0.3, 0.4) is 0 Å². The Bertz CT molecular complexity index is 1230. The van der Waals surface area contributed by atoms with Gasteiger partial charge in [-0.15, -0.1) is 0 Å². The largest absolute Gasteiger partial charge is 0.379 e. The van der Waals surface area contributed by atoms with Crippen molar-refractivity contribution in [2.24, 2.45) is 0 Å². The van der Waals surface area contributed by atoms with Crippen LogP contribution in [0.1, 0.15) is 35.4 Å². The summed E-state index contributed by atoms with van der Waals surface area (Å²) in [6.45, 7) is 2.87. The monoisotopic (exact) mass is 484 g/mol. The van der Waals surface area contributed by atoms with E-state index in [-0.39, 0.29) is 28.3 Å². The number of nitro groups is 1. The molecule has 0 aliphatic heterocycles. The van der Waals surface area contributed by atoms with Crippen molar-refractivity contribution in [2.75, 3.05) is 13.2 Å². The van der Waals surface area contributed by atoms with Crippen molar-refractivity contribution in [2.45, 2.75) is 24.3 Å². The minimum Gasteiger partial charge on any atom is -0.379 e. The third-order valence-electron chi connectivity index (χ3n) is 4.88. The second-order valence-corrected chi connectivity index (χ2v) is 8.90. The van der Waals surface area contributed by atoms with Gasteiger partial charge in [0, 0.05) is 30.8 Å². The second-order valence-electron chi connectivity index (χ2n) is 7.35. The summed E-state index contributed by atoms with van der Waals surface area (Å²) in [7, 11) is -4.27. The van der Waals surface area contributed by atoms with E-state index in [9.17, 15) is 23.3 Å². The standard InChI is InChI=1S/C24H24N2O7S/c1-18(19-7-3-2-4-8-19)32-16-6-15-25-24(27)20-11-13-22(14-12-20)33-34(30,31)23-10-5-9-21(17-23)26(28)29/h2-5,7-14,17-18H,6,15-16H2,1H3,(H,25,27). The van der Waals surface area contributed by atoms with Gasteiger partial charge in [0.1, 0.15) is 10.6 Å². The molecule has 0 aliphatic carbocycles. The van der Waals surface area contributed by atoms with Crippen LogP contribution in [0.2, 0.25) is 0 Å². The van der Waals surface area contributed by atoms with E-state index in [4.69, 9.17) is 8.92 Å². The topological polar surface area (TPSA) is 125 Å². The van der Waals surface area contributed by atoms with Gasteiger partial charge >= 0.3 is 10.1 Å². The van der Waals surface area contributed by atoms with Gasteiger partial charge in [0.05, 0.1) is 11.0 Å². The predicted octanol–water partition coefficient (Wildman–Crippen LogP) is 4.26. The van der Waals surface area contributed by atoms with Crippen molar-refractivity contribution in [3.8, 4) is 5.75 Å². The summed E-state index contributed by atoms with van der Waals surface area (Å²) >= 11 is 0. The summed E-state index contributed by atoms with van der Waals surface area (Å²) in [4.78, 5) is 22.1. The zero-order valence-electron chi connectivity index (χ0n) is 18.4. The van der Waals surface area contributed by atoms with E-state index in [2.05, 4.69) is 5.32 Å². The number of carbonyl (C=O) groups excluding carboxylic acids is 1. The molecule has 178 valence electrons. The van der Waals surface area contributed by atoms with Crippen LogP contribution in [-0.2, 0) is 14.9 Å². The van der Waals surface area contributed by atoms with Crippen LogP contribution in [0.15, 0.2) is 83.8 Å². The fourth-order valence-corrected chi connectivity index (χ4v) is 4.02. The molecule has 9 nitrogen and oxygen atoms in total. The van der Waals surface area contributed by atoms with Crippen LogP contribution in [-0.4, -0.2) is 32.4 Å². The number of nitrogens with zero attached hydrogens (tertiary/aromatic N) is 1. The summed E-state index contributed by atoms with van der Waals surface area (Å²) in [5.74, 6) is -0.337. The maximum absolute atomic E-state index is 12.4. The molecule has 10 heteroatoms. The molecule has 3 aromatic carbocycles. The molecule has 1 atom stereocenters. The van der Waals surface area contributed by atoms with Crippen molar-refractivity contribution in [3.63, 3.8) is 0 Å². The highest BCUT2D eigenvalue weighted by Crippen LogP contribution is 2.22. The van der Waals surface area contributed by atoms with E-state index in [1.54, 1.807) is 0 Å². The van der Waals surface area contributed by atoms with Crippen LogP contribution in [0.4, 0.5) is 5.69 Å². The lowest BCUT2D eigenvalue weighted by molar-refractivity contribution is -0.385. The van der Waals surface area contributed by atoms with Gasteiger partial charge in [-0.1, -0.05) is 36.4 Å². The van der Waals surface area contributed by atoms with Gasteiger partial charge in [-0.2, -0.15) is 8.42 Å². The maximum atomic E-state index is 12.4. The third kappa shape index (κ3) is 6.87. The molecule has 0 spiro atoms. The van der Waals surface area contributed by atoms with Gasteiger partial charge in [0.15, 0.2) is 0 Å². The first-order valence-electron chi connectivity index (χ1n) is 10.5. The number of hydrogen-bond acceptors (Lipinski definition) is 7. The number of nitro benzene ring substituents is 1. The average Bonchev–Trinajstić information content (AvgIpc) is 2.84. The smallest absolute Gasteiger partial charge is 0.339 e. The molecule has 1 N–H and O–H groups in total. The molecule has 1 amide bonds. The molecule has 0 bridgehead atoms. The molecular weight excluding hydrogens is 460 g/mol. The Hall–Kier alpha value is -3.76. The summed E-state index contributed by atoms with van der Waals surface area (Å²) in [6, 6.07) is 20.0. The fourth-order valence-electron chi connectivity index (χ4n) is 3.05. The number of ether oxygens (including phenoxy) is 1. The Balaban J connectivity index is 1.47. The molecule has 0 heterocycles. The van der Waals surface area contributed by atoms with Crippen molar-refractivity contribution in [3.05, 3.63) is 100 Å².